The van der Waals surface area contributed by atoms with E-state index in [-0.39, 0.29) is 5.75 Å². The minimum atomic E-state index is -1.45. The third-order valence-electron chi connectivity index (χ3n) is 1.52. The Morgan fingerprint density at radius 3 is 2.38 bits per heavy atom. The van der Waals surface area contributed by atoms with Crippen LogP contribution in [0.15, 0.2) is 40.6 Å². The molecule has 0 amide bonds. The van der Waals surface area contributed by atoms with Crippen molar-refractivity contribution in [3.8, 4) is 5.75 Å². The maximum absolute atomic E-state index is 10.7. The van der Waals surface area contributed by atoms with Crippen LogP contribution in [0.3, 0.4) is 0 Å². The monoisotopic (exact) mass is 286 g/mol. The number of carboxylic acids is 2. The Balaban J connectivity index is 2.98. The van der Waals surface area contributed by atoms with Gasteiger partial charge in [0.15, 0.2) is 0 Å². The second-order valence-electron chi connectivity index (χ2n) is 2.68. The summed E-state index contributed by atoms with van der Waals surface area (Å²) in [6.45, 7) is 0. The van der Waals surface area contributed by atoms with Crippen molar-refractivity contribution >= 4 is 27.9 Å². The van der Waals surface area contributed by atoms with Crippen LogP contribution in [0.1, 0.15) is 0 Å². The molecule has 84 valence electrons. The van der Waals surface area contributed by atoms with Crippen LogP contribution in [-0.4, -0.2) is 22.2 Å². The van der Waals surface area contributed by atoms with Gasteiger partial charge in [0.05, 0.1) is 10.5 Å². The molecule has 0 heterocycles. The molecule has 0 aliphatic carbocycles. The minimum absolute atomic E-state index is 0.234. The van der Waals surface area contributed by atoms with E-state index in [1.165, 1.54) is 6.07 Å². The van der Waals surface area contributed by atoms with Crippen LogP contribution in [0.2, 0.25) is 0 Å². The second kappa shape index (κ2) is 5.32. The van der Waals surface area contributed by atoms with Gasteiger partial charge < -0.3 is 14.9 Å². The number of carbonyl (C=O) groups is 2. The van der Waals surface area contributed by atoms with Crippen molar-refractivity contribution in [2.75, 3.05) is 0 Å². The molecule has 1 aromatic rings. The summed E-state index contributed by atoms with van der Waals surface area (Å²) < 4.78 is 5.49. The van der Waals surface area contributed by atoms with E-state index in [4.69, 9.17) is 14.9 Å². The van der Waals surface area contributed by atoms with Crippen molar-refractivity contribution in [3.05, 3.63) is 40.6 Å². The molecular weight excluding hydrogens is 280 g/mol. The molecule has 5 nitrogen and oxygen atoms in total. The fraction of sp³-hybridized carbons (Fsp3) is 0. The van der Waals surface area contributed by atoms with E-state index in [0.29, 0.717) is 10.5 Å². The van der Waals surface area contributed by atoms with Crippen molar-refractivity contribution in [2.24, 2.45) is 0 Å². The summed E-state index contributed by atoms with van der Waals surface area (Å²) in [5.41, 5.74) is 0. The summed E-state index contributed by atoms with van der Waals surface area (Å²) in [6.07, 6.45) is 0.488. The van der Waals surface area contributed by atoms with Gasteiger partial charge in [-0.05, 0) is 28.1 Å². The van der Waals surface area contributed by atoms with Crippen molar-refractivity contribution < 1.29 is 24.5 Å². The van der Waals surface area contributed by atoms with E-state index in [1.807, 2.05) is 0 Å². The van der Waals surface area contributed by atoms with E-state index >= 15 is 0 Å². The molecule has 0 saturated heterocycles. The lowest BCUT2D eigenvalue weighted by molar-refractivity contribution is -0.137. The number of benzene rings is 1. The topological polar surface area (TPSA) is 83.8 Å². The van der Waals surface area contributed by atoms with Crippen LogP contribution < -0.4 is 4.74 Å². The molecule has 0 aliphatic heterocycles. The van der Waals surface area contributed by atoms with Crippen LogP contribution in [0.25, 0.3) is 0 Å². The zero-order chi connectivity index (χ0) is 12.1. The standard InChI is InChI=1S/C10H7BrO5/c11-6-3-1-2-4-7(6)16-8(10(14)15)5-9(12)13/h1-5H,(H,12,13)(H,14,15). The highest BCUT2D eigenvalue weighted by molar-refractivity contribution is 9.10. The number of ether oxygens (including phenoxy) is 1. The maximum Gasteiger partial charge on any atom is 0.372 e. The Morgan fingerprint density at radius 1 is 1.25 bits per heavy atom. The van der Waals surface area contributed by atoms with E-state index in [1.54, 1.807) is 18.2 Å². The maximum atomic E-state index is 10.7. The third-order valence-corrected chi connectivity index (χ3v) is 2.18. The Kier molecular flexibility index (Phi) is 4.07. The van der Waals surface area contributed by atoms with Gasteiger partial charge in [0.1, 0.15) is 5.75 Å². The van der Waals surface area contributed by atoms with E-state index in [2.05, 4.69) is 15.9 Å². The number of rotatable bonds is 4. The van der Waals surface area contributed by atoms with Crippen LogP contribution in [0, 0.1) is 0 Å². The average Bonchev–Trinajstić information content (AvgIpc) is 2.19. The lowest BCUT2D eigenvalue weighted by atomic mass is 10.3. The molecule has 0 spiro atoms. The Labute approximate surface area is 99.1 Å². The van der Waals surface area contributed by atoms with Crippen molar-refractivity contribution in [3.63, 3.8) is 0 Å². The molecule has 1 aromatic carbocycles. The Hall–Kier alpha value is -1.82. The molecule has 0 unspecified atom stereocenters. The zero-order valence-corrected chi connectivity index (χ0v) is 9.47. The van der Waals surface area contributed by atoms with Gasteiger partial charge >= 0.3 is 11.9 Å². The summed E-state index contributed by atoms with van der Waals surface area (Å²) >= 11 is 3.15. The molecular formula is C10H7BrO5. The molecule has 0 bridgehead atoms. The fourth-order valence-corrected chi connectivity index (χ4v) is 1.26. The van der Waals surface area contributed by atoms with Crippen LogP contribution in [0.5, 0.6) is 5.75 Å². The quantitative estimate of drug-likeness (QED) is 0.652. The smallest absolute Gasteiger partial charge is 0.372 e. The fourth-order valence-electron chi connectivity index (χ4n) is 0.893. The molecule has 0 radical (unpaired) electrons. The molecule has 0 saturated carbocycles. The van der Waals surface area contributed by atoms with Crippen molar-refractivity contribution in [1.29, 1.82) is 0 Å². The highest BCUT2D eigenvalue weighted by atomic mass is 79.9. The van der Waals surface area contributed by atoms with Crippen LogP contribution >= 0.6 is 15.9 Å². The molecule has 0 aromatic heterocycles. The first-order chi connectivity index (χ1) is 7.50. The van der Waals surface area contributed by atoms with Gasteiger partial charge in [0, 0.05) is 0 Å². The first-order valence-corrected chi connectivity index (χ1v) is 4.90. The van der Waals surface area contributed by atoms with Gasteiger partial charge in [-0.15, -0.1) is 0 Å². The average molecular weight is 287 g/mol. The summed E-state index contributed by atoms with van der Waals surface area (Å²) in [5.74, 6) is -3.25. The first kappa shape index (κ1) is 12.3. The first-order valence-electron chi connectivity index (χ1n) is 4.11. The number of para-hydroxylation sites is 1. The van der Waals surface area contributed by atoms with Gasteiger partial charge in [-0.25, -0.2) is 9.59 Å². The van der Waals surface area contributed by atoms with Crippen LogP contribution in [-0.2, 0) is 9.59 Å². The second-order valence-corrected chi connectivity index (χ2v) is 3.54. The normalized spacial score (nSPS) is 10.9. The van der Waals surface area contributed by atoms with Crippen molar-refractivity contribution in [2.45, 2.75) is 0 Å². The van der Waals surface area contributed by atoms with Gasteiger partial charge in [0.2, 0.25) is 5.76 Å². The van der Waals surface area contributed by atoms with Gasteiger partial charge in [-0.2, -0.15) is 0 Å². The Bertz CT molecular complexity index is 452. The SMILES string of the molecule is O=C(O)C=C(Oc1ccccc1Br)C(=O)O. The highest BCUT2D eigenvalue weighted by Crippen LogP contribution is 2.25. The third kappa shape index (κ3) is 3.39. The molecule has 1 rings (SSSR count). The lowest BCUT2D eigenvalue weighted by Crippen LogP contribution is -2.10. The summed E-state index contributed by atoms with van der Waals surface area (Å²) in [4.78, 5) is 21.0. The number of halogens is 1. The number of hydrogen-bond acceptors (Lipinski definition) is 3. The van der Waals surface area contributed by atoms with Crippen LogP contribution in [0.4, 0.5) is 0 Å². The van der Waals surface area contributed by atoms with E-state index < -0.39 is 17.7 Å². The molecule has 6 heteroatoms. The van der Waals surface area contributed by atoms with E-state index in [9.17, 15) is 9.59 Å². The molecule has 2 N–H and O–H groups in total. The zero-order valence-electron chi connectivity index (χ0n) is 7.88. The lowest BCUT2D eigenvalue weighted by Gasteiger charge is -2.06. The summed E-state index contributed by atoms with van der Waals surface area (Å²) in [7, 11) is 0. The highest BCUT2D eigenvalue weighted by Gasteiger charge is 2.13. The number of aliphatic carboxylic acids is 2. The molecule has 0 fully saturated rings. The predicted octanol–water partition coefficient (Wildman–Crippen LogP) is 1.88. The molecule has 0 aliphatic rings. The van der Waals surface area contributed by atoms with Gasteiger partial charge in [0.25, 0.3) is 0 Å². The van der Waals surface area contributed by atoms with Crippen molar-refractivity contribution in [1.82, 2.24) is 0 Å². The number of hydrogen-bond donors (Lipinski definition) is 2. The van der Waals surface area contributed by atoms with Gasteiger partial charge in [-0.3, -0.25) is 0 Å². The minimum Gasteiger partial charge on any atom is -0.478 e. The summed E-state index contributed by atoms with van der Waals surface area (Å²) in [5, 5.41) is 17.2. The van der Waals surface area contributed by atoms with E-state index in [0.717, 1.165) is 0 Å². The molecule has 0 atom stereocenters. The largest absolute Gasteiger partial charge is 0.478 e. The number of carboxylic acid groups (broad SMARTS) is 2. The van der Waals surface area contributed by atoms with Gasteiger partial charge in [-0.1, -0.05) is 12.1 Å². The predicted molar refractivity (Wildman–Crippen MR) is 58.1 cm³/mol. The summed E-state index contributed by atoms with van der Waals surface area (Å²) in [6, 6.07) is 6.52. The Morgan fingerprint density at radius 2 is 1.88 bits per heavy atom. The molecule has 16 heavy (non-hydrogen) atoms.